The first-order chi connectivity index (χ1) is 22.9. The van der Waals surface area contributed by atoms with E-state index in [4.69, 9.17) is 18.9 Å². The zero-order valence-electron chi connectivity index (χ0n) is 31.7. The second kappa shape index (κ2) is 16.9. The van der Waals surface area contributed by atoms with Crippen molar-refractivity contribution in [2.24, 2.45) is 35.5 Å². The number of carbonyl (C=O) groups is 2. The molecule has 16 atom stereocenters. The fourth-order valence-electron chi connectivity index (χ4n) is 8.83. The number of hydrogen-bond donors (Lipinski definition) is 3. The molecule has 0 radical (unpaired) electrons. The Hall–Kier alpha value is -1.44. The highest BCUT2D eigenvalue weighted by molar-refractivity contribution is 5.91. The van der Waals surface area contributed by atoms with Crippen LogP contribution in [-0.4, -0.2) is 131 Å². The molecule has 0 aromatic rings. The second-order valence-electron chi connectivity index (χ2n) is 16.5. The normalized spacial score (nSPS) is 47.0. The molecule has 4 aliphatic rings. The number of allylic oxidation sites excluding steroid dienone is 1. The van der Waals surface area contributed by atoms with Crippen molar-refractivity contribution in [1.82, 2.24) is 9.80 Å². The minimum Gasteiger partial charge on any atom is -0.462 e. The number of cyclic esters (lactones) is 1. The number of hydrogen-bond acceptors (Lipinski definition) is 11. The van der Waals surface area contributed by atoms with Crippen molar-refractivity contribution in [3.05, 3.63) is 12.2 Å². The van der Waals surface area contributed by atoms with Crippen molar-refractivity contribution >= 4 is 11.8 Å². The summed E-state index contributed by atoms with van der Waals surface area (Å²) in [7, 11) is 3.58. The number of aliphatic hydroxyl groups is 3. The van der Waals surface area contributed by atoms with E-state index in [1.54, 1.807) is 32.0 Å². The van der Waals surface area contributed by atoms with E-state index in [2.05, 4.69) is 18.7 Å². The van der Waals surface area contributed by atoms with Crippen LogP contribution in [0.2, 0.25) is 0 Å². The first-order valence-electron chi connectivity index (χ1n) is 18.8. The van der Waals surface area contributed by atoms with Gasteiger partial charge in [0.2, 0.25) is 0 Å². The number of aliphatic hydroxyl groups excluding tert-OH is 3. The van der Waals surface area contributed by atoms with Crippen molar-refractivity contribution in [3.8, 4) is 0 Å². The highest BCUT2D eigenvalue weighted by atomic mass is 16.7. The van der Waals surface area contributed by atoms with Crippen LogP contribution >= 0.6 is 0 Å². The van der Waals surface area contributed by atoms with Crippen molar-refractivity contribution in [2.75, 3.05) is 33.7 Å². The summed E-state index contributed by atoms with van der Waals surface area (Å²) < 4.78 is 24.9. The lowest BCUT2D eigenvalue weighted by Gasteiger charge is -2.47. The number of fused-ring (bicyclic) bond motifs is 1. The van der Waals surface area contributed by atoms with E-state index < -0.39 is 66.4 Å². The Balaban J connectivity index is 1.69. The van der Waals surface area contributed by atoms with Crippen LogP contribution in [0, 0.1) is 35.5 Å². The SMILES string of the molecule is CC[C@H]1OC(=O)C[C@@H](O)[C@H](C)C(O[C@@H]2O[C@H](C)[C@@H](O)[C@H](N(C)C)[C@H]2O)[C@@H](CCN2CC(C)CC(C)C2)C[C@@H](C)C(=O)/C=C/[C@]2(C)O[C@H]2[C@@H]1C. The molecule has 4 rings (SSSR count). The molecule has 3 saturated heterocycles. The fraction of sp³-hybridized carbons (Fsp3) is 0.895. The highest BCUT2D eigenvalue weighted by Gasteiger charge is 2.55. The zero-order chi connectivity index (χ0) is 36.4. The number of ketones is 1. The number of rotatable bonds is 7. The molecule has 49 heavy (non-hydrogen) atoms. The molecule has 0 aromatic carbocycles. The van der Waals surface area contributed by atoms with Crippen LogP contribution in [0.15, 0.2) is 12.2 Å². The molecule has 3 unspecified atom stereocenters. The maximum absolute atomic E-state index is 13.7. The summed E-state index contributed by atoms with van der Waals surface area (Å²) in [6.45, 7) is 18.8. The first-order valence-corrected chi connectivity index (χ1v) is 18.8. The molecular formula is C38H66N2O9. The molecule has 0 saturated carbocycles. The molecule has 11 heteroatoms. The van der Waals surface area contributed by atoms with Gasteiger partial charge < -0.3 is 44.1 Å². The van der Waals surface area contributed by atoms with Gasteiger partial charge in [0, 0.05) is 30.8 Å². The molecule has 0 bridgehead atoms. The van der Waals surface area contributed by atoms with Crippen LogP contribution in [0.25, 0.3) is 0 Å². The summed E-state index contributed by atoms with van der Waals surface area (Å²) in [4.78, 5) is 31.3. The minimum atomic E-state index is -1.18. The standard InChI is InChI=1S/C38H66N2O9/c1-11-30-25(6)36-38(8,49-36)14-12-28(41)23(4)17-27(13-15-40-19-21(2)16-22(3)20-40)35(24(5)29(42)18-31(43)47-30)48-37-34(45)32(39(9)10)33(44)26(7)46-37/h12,14,21-27,29-30,32-37,42,44-45H,11,13,15-20H2,1-10H3/b14-12+/t21?,22?,23-,24+,25-,26-,27+,29-,30-,32+,33-,34-,35?,36+,37+,38+/m1/s1. The van der Waals surface area contributed by atoms with Crippen molar-refractivity contribution in [3.63, 3.8) is 0 Å². The van der Waals surface area contributed by atoms with Crippen LogP contribution < -0.4 is 0 Å². The van der Waals surface area contributed by atoms with Gasteiger partial charge in [-0.3, -0.25) is 9.59 Å². The smallest absolute Gasteiger partial charge is 0.308 e. The third-order valence-electron chi connectivity index (χ3n) is 11.8. The average molecular weight is 695 g/mol. The number of likely N-dealkylation sites (N-methyl/N-ethyl adjacent to an activating group) is 1. The number of esters is 1. The first kappa shape index (κ1) is 40.3. The summed E-state index contributed by atoms with van der Waals surface area (Å²) in [6.07, 6.45) is -0.0319. The third-order valence-corrected chi connectivity index (χ3v) is 11.8. The molecular weight excluding hydrogens is 628 g/mol. The molecule has 0 spiro atoms. The van der Waals surface area contributed by atoms with E-state index >= 15 is 0 Å². The molecule has 11 nitrogen and oxygen atoms in total. The average Bonchev–Trinajstić information content (AvgIpc) is 3.71. The second-order valence-corrected chi connectivity index (χ2v) is 16.5. The summed E-state index contributed by atoms with van der Waals surface area (Å²) in [5.41, 5.74) is -0.620. The van der Waals surface area contributed by atoms with Gasteiger partial charge in [-0.25, -0.2) is 0 Å². The van der Waals surface area contributed by atoms with E-state index in [0.717, 1.165) is 19.6 Å². The number of carbonyl (C=O) groups excluding carboxylic acids is 2. The van der Waals surface area contributed by atoms with Gasteiger partial charge in [-0.2, -0.15) is 0 Å². The summed E-state index contributed by atoms with van der Waals surface area (Å²) >= 11 is 0. The van der Waals surface area contributed by atoms with Crippen molar-refractivity contribution < 1.29 is 43.9 Å². The molecule has 0 aliphatic carbocycles. The summed E-state index contributed by atoms with van der Waals surface area (Å²) in [5.74, 6) is -0.610. The minimum absolute atomic E-state index is 0.00997. The predicted octanol–water partition coefficient (Wildman–Crippen LogP) is 3.42. The number of epoxide rings is 1. The number of likely N-dealkylation sites (tertiary alicyclic amines) is 1. The molecule has 4 aliphatic heterocycles. The predicted molar refractivity (Wildman–Crippen MR) is 187 cm³/mol. The quantitative estimate of drug-likeness (QED) is 0.267. The lowest BCUT2D eigenvalue weighted by molar-refractivity contribution is -0.304. The van der Waals surface area contributed by atoms with Gasteiger partial charge in [-0.1, -0.05) is 41.5 Å². The van der Waals surface area contributed by atoms with E-state index in [0.29, 0.717) is 31.1 Å². The van der Waals surface area contributed by atoms with Crippen molar-refractivity contribution in [1.29, 1.82) is 0 Å². The van der Waals surface area contributed by atoms with E-state index in [-0.39, 0.29) is 36.1 Å². The van der Waals surface area contributed by atoms with Crippen LogP contribution in [-0.2, 0) is 28.5 Å². The lowest BCUT2D eigenvalue weighted by atomic mass is 9.79. The molecule has 0 aromatic heterocycles. The molecule has 3 fully saturated rings. The third kappa shape index (κ3) is 9.92. The van der Waals surface area contributed by atoms with Gasteiger partial charge in [-0.05, 0) is 90.1 Å². The number of nitrogens with zero attached hydrogens (tertiary/aromatic N) is 2. The van der Waals surface area contributed by atoms with Gasteiger partial charge in [0.1, 0.15) is 17.8 Å². The summed E-state index contributed by atoms with van der Waals surface area (Å²) in [5, 5.41) is 34.0. The molecule has 3 N–H and O–H groups in total. The van der Waals surface area contributed by atoms with Gasteiger partial charge in [-0.15, -0.1) is 0 Å². The Bertz CT molecular complexity index is 1130. The van der Waals surface area contributed by atoms with Crippen LogP contribution in [0.5, 0.6) is 0 Å². The van der Waals surface area contributed by atoms with Gasteiger partial charge >= 0.3 is 5.97 Å². The van der Waals surface area contributed by atoms with E-state index in [1.165, 1.54) is 6.42 Å². The number of ether oxygens (including phenoxy) is 4. The Kier molecular flexibility index (Phi) is 13.9. The van der Waals surface area contributed by atoms with Crippen molar-refractivity contribution in [2.45, 2.75) is 148 Å². The Morgan fingerprint density at radius 1 is 0.980 bits per heavy atom. The Labute approximate surface area is 294 Å². The van der Waals surface area contributed by atoms with Gasteiger partial charge in [0.25, 0.3) is 0 Å². The fourth-order valence-corrected chi connectivity index (χ4v) is 8.83. The molecule has 282 valence electrons. The number of piperidine rings is 1. The maximum Gasteiger partial charge on any atom is 0.308 e. The maximum atomic E-state index is 13.7. The van der Waals surface area contributed by atoms with Gasteiger partial charge in [0.15, 0.2) is 12.1 Å². The molecule has 0 amide bonds. The Morgan fingerprint density at radius 2 is 1.63 bits per heavy atom. The van der Waals surface area contributed by atoms with E-state index in [9.17, 15) is 24.9 Å². The van der Waals surface area contributed by atoms with Crippen LogP contribution in [0.3, 0.4) is 0 Å². The van der Waals surface area contributed by atoms with Gasteiger partial charge in [0.05, 0.1) is 43.0 Å². The molecule has 4 heterocycles. The topological polar surface area (TPSA) is 142 Å². The lowest BCUT2D eigenvalue weighted by Crippen LogP contribution is -2.63. The van der Waals surface area contributed by atoms with Crippen LogP contribution in [0.1, 0.15) is 87.5 Å². The Morgan fingerprint density at radius 3 is 2.24 bits per heavy atom. The largest absolute Gasteiger partial charge is 0.462 e. The zero-order valence-corrected chi connectivity index (χ0v) is 31.7. The van der Waals surface area contributed by atoms with Crippen LogP contribution in [0.4, 0.5) is 0 Å². The van der Waals surface area contributed by atoms with E-state index in [1.807, 2.05) is 40.7 Å². The monoisotopic (exact) mass is 694 g/mol. The highest BCUT2D eigenvalue weighted by Crippen LogP contribution is 2.45. The summed E-state index contributed by atoms with van der Waals surface area (Å²) in [6, 6.07) is -0.640.